The van der Waals surface area contributed by atoms with Gasteiger partial charge in [0.2, 0.25) is 0 Å². The molecule has 1 aliphatic rings. The van der Waals surface area contributed by atoms with Crippen LogP contribution in [0.1, 0.15) is 26.7 Å². The highest BCUT2D eigenvalue weighted by atomic mass is 16.5. The third kappa shape index (κ3) is 7.88. The van der Waals surface area contributed by atoms with Gasteiger partial charge < -0.3 is 15.0 Å². The summed E-state index contributed by atoms with van der Waals surface area (Å²) in [6.07, 6.45) is 2.70. The van der Waals surface area contributed by atoms with Crippen LogP contribution in [0.15, 0.2) is 0 Å². The second-order valence-electron chi connectivity index (χ2n) is 6.48. The van der Waals surface area contributed by atoms with Crippen molar-refractivity contribution in [3.63, 3.8) is 0 Å². The van der Waals surface area contributed by atoms with Crippen LogP contribution >= 0.6 is 0 Å². The lowest BCUT2D eigenvalue weighted by atomic mass is 10.1. The Bertz CT molecular complexity index is 229. The maximum absolute atomic E-state index is 5.43. The van der Waals surface area contributed by atoms with E-state index in [4.69, 9.17) is 4.74 Å². The summed E-state index contributed by atoms with van der Waals surface area (Å²) in [5.41, 5.74) is 0. The molecule has 0 amide bonds. The Morgan fingerprint density at radius 2 is 1.89 bits per heavy atom. The molecular weight excluding hydrogens is 238 g/mol. The molecule has 1 N–H and O–H groups in total. The van der Waals surface area contributed by atoms with E-state index in [-0.39, 0.29) is 0 Å². The Morgan fingerprint density at radius 1 is 1.21 bits per heavy atom. The molecule has 1 fully saturated rings. The van der Waals surface area contributed by atoms with Crippen molar-refractivity contribution in [1.82, 2.24) is 15.1 Å². The maximum Gasteiger partial charge on any atom is 0.0630 e. The van der Waals surface area contributed by atoms with Gasteiger partial charge in [-0.15, -0.1) is 0 Å². The molecule has 1 atom stereocenters. The summed E-state index contributed by atoms with van der Waals surface area (Å²) in [6.45, 7) is 9.83. The van der Waals surface area contributed by atoms with E-state index in [2.05, 4.69) is 43.1 Å². The van der Waals surface area contributed by atoms with E-state index in [1.807, 2.05) is 7.11 Å². The number of methoxy groups -OCH3 is 1. The summed E-state index contributed by atoms with van der Waals surface area (Å²) in [4.78, 5) is 4.84. The summed E-state index contributed by atoms with van der Waals surface area (Å²) < 4.78 is 5.43. The smallest absolute Gasteiger partial charge is 0.0630 e. The molecule has 0 aromatic rings. The molecule has 1 saturated carbocycles. The summed E-state index contributed by atoms with van der Waals surface area (Å²) in [7, 11) is 6.09. The summed E-state index contributed by atoms with van der Waals surface area (Å²) in [5, 5.41) is 3.65. The molecule has 0 heterocycles. The van der Waals surface area contributed by atoms with Crippen LogP contribution in [0.3, 0.4) is 0 Å². The van der Waals surface area contributed by atoms with Crippen LogP contribution in [-0.4, -0.2) is 75.9 Å². The fraction of sp³-hybridized carbons (Fsp3) is 1.00. The van der Waals surface area contributed by atoms with Crippen LogP contribution in [0.2, 0.25) is 0 Å². The van der Waals surface area contributed by atoms with Crippen molar-refractivity contribution in [2.24, 2.45) is 5.92 Å². The van der Waals surface area contributed by atoms with E-state index in [9.17, 15) is 0 Å². The highest BCUT2D eigenvalue weighted by molar-refractivity contribution is 4.84. The maximum atomic E-state index is 5.43. The predicted octanol–water partition coefficient (Wildman–Crippen LogP) is 1.27. The average Bonchev–Trinajstić information content (AvgIpc) is 3.13. The zero-order chi connectivity index (χ0) is 14.3. The first-order valence-electron chi connectivity index (χ1n) is 7.64. The average molecular weight is 271 g/mol. The molecule has 1 aliphatic carbocycles. The van der Waals surface area contributed by atoms with Gasteiger partial charge in [-0.25, -0.2) is 0 Å². The summed E-state index contributed by atoms with van der Waals surface area (Å²) in [6, 6.07) is 1.27. The summed E-state index contributed by atoms with van der Waals surface area (Å²) in [5.74, 6) is 0.697. The topological polar surface area (TPSA) is 27.7 Å². The van der Waals surface area contributed by atoms with Crippen LogP contribution < -0.4 is 5.32 Å². The van der Waals surface area contributed by atoms with Crippen molar-refractivity contribution in [1.29, 1.82) is 0 Å². The van der Waals surface area contributed by atoms with Gasteiger partial charge in [0.1, 0.15) is 0 Å². The van der Waals surface area contributed by atoms with Gasteiger partial charge in [0.25, 0.3) is 0 Å². The molecule has 114 valence electrons. The molecule has 19 heavy (non-hydrogen) atoms. The van der Waals surface area contributed by atoms with E-state index in [1.54, 1.807) is 0 Å². The van der Waals surface area contributed by atoms with Crippen molar-refractivity contribution < 1.29 is 4.74 Å². The molecule has 1 unspecified atom stereocenters. The van der Waals surface area contributed by atoms with Crippen LogP contribution in [0.4, 0.5) is 0 Å². The minimum absolute atomic E-state index is 0.493. The zero-order valence-electron chi connectivity index (χ0n) is 13.5. The molecule has 4 nitrogen and oxygen atoms in total. The molecule has 1 rings (SSSR count). The largest absolute Gasteiger partial charge is 0.383 e. The third-order valence-electron chi connectivity index (χ3n) is 3.53. The van der Waals surface area contributed by atoms with E-state index >= 15 is 0 Å². The van der Waals surface area contributed by atoms with Crippen molar-refractivity contribution in [3.8, 4) is 0 Å². The second-order valence-corrected chi connectivity index (χ2v) is 6.48. The normalized spacial score (nSPS) is 17.7. The van der Waals surface area contributed by atoms with Crippen LogP contribution in [0.25, 0.3) is 0 Å². The minimum Gasteiger partial charge on any atom is -0.383 e. The number of nitrogens with one attached hydrogen (secondary N) is 1. The molecule has 0 saturated heterocycles. The van der Waals surface area contributed by atoms with E-state index in [1.165, 1.54) is 12.8 Å². The fourth-order valence-corrected chi connectivity index (χ4v) is 2.30. The van der Waals surface area contributed by atoms with Gasteiger partial charge in [-0.1, -0.05) is 13.8 Å². The Kier molecular flexibility index (Phi) is 7.91. The Hall–Kier alpha value is -0.160. The Balaban J connectivity index is 2.47. The first-order valence-corrected chi connectivity index (χ1v) is 7.64. The monoisotopic (exact) mass is 271 g/mol. The van der Waals surface area contributed by atoms with Gasteiger partial charge in [-0.05, 0) is 32.9 Å². The number of hydrogen-bond acceptors (Lipinski definition) is 4. The molecule has 0 bridgehead atoms. The van der Waals surface area contributed by atoms with Gasteiger partial charge in [0, 0.05) is 45.4 Å². The zero-order valence-corrected chi connectivity index (χ0v) is 13.5. The Labute approximate surface area is 119 Å². The Morgan fingerprint density at radius 3 is 2.37 bits per heavy atom. The summed E-state index contributed by atoms with van der Waals surface area (Å²) >= 11 is 0. The number of nitrogens with zero attached hydrogens (tertiary/aromatic N) is 2. The fourth-order valence-electron chi connectivity index (χ4n) is 2.30. The molecule has 0 aliphatic heterocycles. The second kappa shape index (κ2) is 8.90. The van der Waals surface area contributed by atoms with Crippen molar-refractivity contribution in [2.45, 2.75) is 38.8 Å². The molecule has 0 aromatic heterocycles. The van der Waals surface area contributed by atoms with Gasteiger partial charge in [-0.3, -0.25) is 4.90 Å². The number of likely N-dealkylation sites (N-methyl/N-ethyl adjacent to an activating group) is 1. The van der Waals surface area contributed by atoms with E-state index in [0.717, 1.165) is 38.8 Å². The van der Waals surface area contributed by atoms with Gasteiger partial charge in [0.15, 0.2) is 0 Å². The number of rotatable bonds is 11. The molecule has 0 radical (unpaired) electrons. The van der Waals surface area contributed by atoms with Crippen molar-refractivity contribution in [2.75, 3.05) is 54.0 Å². The first-order chi connectivity index (χ1) is 9.02. The van der Waals surface area contributed by atoms with E-state index in [0.29, 0.717) is 12.0 Å². The lowest BCUT2D eigenvalue weighted by Crippen LogP contribution is -2.49. The molecule has 0 spiro atoms. The predicted molar refractivity (Wildman–Crippen MR) is 81.7 cm³/mol. The SMILES string of the molecule is COCC(CNC1CC1)N(CCN(C)C)CC(C)C. The van der Waals surface area contributed by atoms with E-state index < -0.39 is 0 Å². The molecule has 4 heteroatoms. The van der Waals surface area contributed by atoms with Crippen LogP contribution in [0.5, 0.6) is 0 Å². The van der Waals surface area contributed by atoms with Gasteiger partial charge >= 0.3 is 0 Å². The van der Waals surface area contributed by atoms with Crippen LogP contribution in [-0.2, 0) is 4.74 Å². The lowest BCUT2D eigenvalue weighted by Gasteiger charge is -2.33. The third-order valence-corrected chi connectivity index (χ3v) is 3.53. The quantitative estimate of drug-likeness (QED) is 0.612. The lowest BCUT2D eigenvalue weighted by molar-refractivity contribution is 0.0765. The highest BCUT2D eigenvalue weighted by Gasteiger charge is 2.25. The standard InChI is InChI=1S/C15H33N3O/c1-13(2)11-18(9-8-17(3)4)15(12-19-5)10-16-14-6-7-14/h13-16H,6-12H2,1-5H3. The first kappa shape index (κ1) is 16.9. The number of ether oxygens (including phenoxy) is 1. The molecular formula is C15H33N3O. The van der Waals surface area contributed by atoms with Gasteiger partial charge in [-0.2, -0.15) is 0 Å². The number of hydrogen-bond donors (Lipinski definition) is 1. The highest BCUT2D eigenvalue weighted by Crippen LogP contribution is 2.18. The van der Waals surface area contributed by atoms with Crippen molar-refractivity contribution >= 4 is 0 Å². The van der Waals surface area contributed by atoms with Crippen molar-refractivity contribution in [3.05, 3.63) is 0 Å². The molecule has 0 aromatic carbocycles. The minimum atomic E-state index is 0.493. The van der Waals surface area contributed by atoms with Crippen LogP contribution in [0, 0.1) is 5.92 Å². The van der Waals surface area contributed by atoms with Gasteiger partial charge in [0.05, 0.1) is 6.61 Å².